The molecule has 1 aromatic carbocycles. The van der Waals surface area contributed by atoms with Crippen molar-refractivity contribution < 1.29 is 8.42 Å². The second kappa shape index (κ2) is 5.09. The van der Waals surface area contributed by atoms with Crippen LogP contribution in [0.2, 0.25) is 0 Å². The Labute approximate surface area is 90.7 Å². The predicted octanol–water partition coefficient (Wildman–Crippen LogP) is 1.98. The standard InChI is InChI=1S/C11H15NO2S/c1-2-3-9-11(15(12,13)14)10-7-5-4-6-8-10/h2,4-8,11H,1,3,9H2,(H2,12,13,14). The molecule has 1 atom stereocenters. The van der Waals surface area contributed by atoms with Gasteiger partial charge in [0.05, 0.1) is 0 Å². The van der Waals surface area contributed by atoms with Gasteiger partial charge in [0, 0.05) is 0 Å². The summed E-state index contributed by atoms with van der Waals surface area (Å²) in [4.78, 5) is 0. The Bertz CT molecular complexity index is 411. The topological polar surface area (TPSA) is 60.2 Å². The van der Waals surface area contributed by atoms with E-state index in [2.05, 4.69) is 6.58 Å². The molecule has 15 heavy (non-hydrogen) atoms. The first-order valence-corrected chi connectivity index (χ1v) is 6.34. The highest BCUT2D eigenvalue weighted by atomic mass is 32.2. The van der Waals surface area contributed by atoms with Crippen LogP contribution < -0.4 is 5.14 Å². The maximum atomic E-state index is 11.4. The molecule has 1 rings (SSSR count). The molecule has 0 fully saturated rings. The van der Waals surface area contributed by atoms with Crippen LogP contribution in [0.25, 0.3) is 0 Å². The van der Waals surface area contributed by atoms with Crippen LogP contribution in [0.3, 0.4) is 0 Å². The van der Waals surface area contributed by atoms with Crippen molar-refractivity contribution in [3.8, 4) is 0 Å². The van der Waals surface area contributed by atoms with Crippen LogP contribution in [0, 0.1) is 0 Å². The van der Waals surface area contributed by atoms with Crippen molar-refractivity contribution >= 4 is 10.0 Å². The maximum absolute atomic E-state index is 11.4. The van der Waals surface area contributed by atoms with Gasteiger partial charge in [-0.2, -0.15) is 0 Å². The summed E-state index contributed by atoms with van der Waals surface area (Å²) in [7, 11) is -3.54. The summed E-state index contributed by atoms with van der Waals surface area (Å²) >= 11 is 0. The lowest BCUT2D eigenvalue weighted by Gasteiger charge is -2.13. The van der Waals surface area contributed by atoms with Crippen LogP contribution in [0.15, 0.2) is 43.0 Å². The van der Waals surface area contributed by atoms with Gasteiger partial charge in [-0.05, 0) is 18.4 Å². The SMILES string of the molecule is C=CCCC(c1ccccc1)S(N)(=O)=O. The highest BCUT2D eigenvalue weighted by Crippen LogP contribution is 2.25. The first-order valence-electron chi connectivity index (χ1n) is 4.73. The Balaban J connectivity index is 2.97. The first kappa shape index (κ1) is 11.9. The summed E-state index contributed by atoms with van der Waals surface area (Å²) in [6, 6.07) is 9.01. The lowest BCUT2D eigenvalue weighted by molar-refractivity contribution is 0.577. The molecule has 0 radical (unpaired) electrons. The minimum atomic E-state index is -3.54. The largest absolute Gasteiger partial charge is 0.228 e. The van der Waals surface area contributed by atoms with Crippen LogP contribution in [0.5, 0.6) is 0 Å². The molecule has 4 heteroatoms. The number of benzene rings is 1. The van der Waals surface area contributed by atoms with Crippen molar-refractivity contribution in [2.24, 2.45) is 5.14 Å². The molecule has 0 saturated heterocycles. The smallest absolute Gasteiger partial charge is 0.216 e. The zero-order valence-electron chi connectivity index (χ0n) is 8.46. The van der Waals surface area contributed by atoms with Crippen LogP contribution in [-0.2, 0) is 10.0 Å². The van der Waals surface area contributed by atoms with Crippen LogP contribution in [0.4, 0.5) is 0 Å². The zero-order chi connectivity index (χ0) is 11.3. The Kier molecular flexibility index (Phi) is 4.05. The fraction of sp³-hybridized carbons (Fsp3) is 0.273. The van der Waals surface area contributed by atoms with E-state index in [9.17, 15) is 8.42 Å². The number of hydrogen-bond donors (Lipinski definition) is 1. The van der Waals surface area contributed by atoms with E-state index in [4.69, 9.17) is 5.14 Å². The number of rotatable bonds is 5. The third-order valence-corrected chi connectivity index (χ3v) is 3.50. The van der Waals surface area contributed by atoms with Crippen LogP contribution in [0.1, 0.15) is 23.7 Å². The highest BCUT2D eigenvalue weighted by Gasteiger charge is 2.22. The lowest BCUT2D eigenvalue weighted by atomic mass is 10.1. The van der Waals surface area contributed by atoms with Gasteiger partial charge in [-0.3, -0.25) is 0 Å². The summed E-state index contributed by atoms with van der Waals surface area (Å²) in [5.74, 6) is 0. The second-order valence-electron chi connectivity index (χ2n) is 3.35. The third kappa shape index (κ3) is 3.49. The van der Waals surface area contributed by atoms with Gasteiger partial charge in [0.1, 0.15) is 5.25 Å². The molecule has 1 unspecified atom stereocenters. The molecule has 3 nitrogen and oxygen atoms in total. The van der Waals surface area contributed by atoms with Crippen molar-refractivity contribution in [1.29, 1.82) is 0 Å². The first-order chi connectivity index (χ1) is 7.05. The normalized spacial score (nSPS) is 13.4. The molecule has 0 aliphatic rings. The van der Waals surface area contributed by atoms with Crippen molar-refractivity contribution in [3.63, 3.8) is 0 Å². The number of hydrogen-bond acceptors (Lipinski definition) is 2. The van der Waals surface area contributed by atoms with Gasteiger partial charge >= 0.3 is 0 Å². The van der Waals surface area contributed by atoms with Crippen molar-refractivity contribution in [3.05, 3.63) is 48.6 Å². The van der Waals surface area contributed by atoms with E-state index in [-0.39, 0.29) is 0 Å². The molecule has 0 aromatic heterocycles. The Hall–Kier alpha value is -1.13. The number of allylic oxidation sites excluding steroid dienone is 1. The van der Waals surface area contributed by atoms with E-state index in [1.807, 2.05) is 6.07 Å². The molecular formula is C11H15NO2S. The Morgan fingerprint density at radius 3 is 2.40 bits per heavy atom. The summed E-state index contributed by atoms with van der Waals surface area (Å²) in [6.45, 7) is 3.57. The minimum Gasteiger partial charge on any atom is -0.228 e. The molecule has 0 aliphatic carbocycles. The molecule has 82 valence electrons. The van der Waals surface area contributed by atoms with Gasteiger partial charge in [0.15, 0.2) is 0 Å². The number of nitrogens with two attached hydrogens (primary N) is 1. The molecule has 0 amide bonds. The second-order valence-corrected chi connectivity index (χ2v) is 5.10. The monoisotopic (exact) mass is 225 g/mol. The average Bonchev–Trinajstić information content (AvgIpc) is 2.18. The number of sulfonamides is 1. The Morgan fingerprint density at radius 1 is 1.33 bits per heavy atom. The predicted molar refractivity (Wildman–Crippen MR) is 61.7 cm³/mol. The molecule has 0 saturated carbocycles. The van der Waals surface area contributed by atoms with E-state index in [0.29, 0.717) is 12.8 Å². The fourth-order valence-electron chi connectivity index (χ4n) is 1.46. The zero-order valence-corrected chi connectivity index (χ0v) is 9.28. The third-order valence-electron chi connectivity index (χ3n) is 2.20. The quantitative estimate of drug-likeness (QED) is 0.779. The number of primary sulfonamides is 1. The van der Waals surface area contributed by atoms with E-state index in [0.717, 1.165) is 5.56 Å². The van der Waals surface area contributed by atoms with Crippen LogP contribution in [-0.4, -0.2) is 8.42 Å². The van der Waals surface area contributed by atoms with Gasteiger partial charge in [-0.1, -0.05) is 36.4 Å². The molecule has 0 aliphatic heterocycles. The summed E-state index contributed by atoms with van der Waals surface area (Å²) in [6.07, 6.45) is 2.81. The molecule has 0 bridgehead atoms. The van der Waals surface area contributed by atoms with E-state index in [1.54, 1.807) is 30.3 Å². The van der Waals surface area contributed by atoms with Gasteiger partial charge in [0.2, 0.25) is 10.0 Å². The molecule has 0 heterocycles. The van der Waals surface area contributed by atoms with Gasteiger partial charge in [-0.15, -0.1) is 6.58 Å². The van der Waals surface area contributed by atoms with Gasteiger partial charge < -0.3 is 0 Å². The van der Waals surface area contributed by atoms with Gasteiger partial charge in [0.25, 0.3) is 0 Å². The fourth-order valence-corrected chi connectivity index (χ4v) is 2.46. The molecular weight excluding hydrogens is 210 g/mol. The molecule has 2 N–H and O–H groups in total. The van der Waals surface area contributed by atoms with Crippen molar-refractivity contribution in [1.82, 2.24) is 0 Å². The minimum absolute atomic E-state index is 0.479. The summed E-state index contributed by atoms with van der Waals surface area (Å²) in [5.41, 5.74) is 0.738. The van der Waals surface area contributed by atoms with Crippen molar-refractivity contribution in [2.75, 3.05) is 0 Å². The summed E-state index contributed by atoms with van der Waals surface area (Å²) < 4.78 is 22.8. The summed E-state index contributed by atoms with van der Waals surface area (Å²) in [5, 5.41) is 4.56. The molecule has 1 aromatic rings. The molecule has 0 spiro atoms. The van der Waals surface area contributed by atoms with E-state index < -0.39 is 15.3 Å². The lowest BCUT2D eigenvalue weighted by Crippen LogP contribution is -2.21. The van der Waals surface area contributed by atoms with E-state index >= 15 is 0 Å². The highest BCUT2D eigenvalue weighted by molar-refractivity contribution is 7.89. The van der Waals surface area contributed by atoms with E-state index in [1.165, 1.54) is 0 Å². The average molecular weight is 225 g/mol. The van der Waals surface area contributed by atoms with Crippen molar-refractivity contribution in [2.45, 2.75) is 18.1 Å². The van der Waals surface area contributed by atoms with Gasteiger partial charge in [-0.25, -0.2) is 13.6 Å². The Morgan fingerprint density at radius 2 is 1.93 bits per heavy atom. The van der Waals surface area contributed by atoms with Crippen LogP contribution >= 0.6 is 0 Å². The maximum Gasteiger partial charge on any atom is 0.216 e.